The second-order valence-corrected chi connectivity index (χ2v) is 7.05. The smallest absolute Gasteiger partial charge is 0.247 e. The highest BCUT2D eigenvalue weighted by Gasteiger charge is 2.14. The second kappa shape index (κ2) is 10.3. The number of hydrogen-bond donors (Lipinski definition) is 0. The van der Waals surface area contributed by atoms with E-state index in [1.807, 2.05) is 56.3 Å². The number of pyridine rings is 1. The third-order valence-electron chi connectivity index (χ3n) is 4.30. The Kier molecular flexibility index (Phi) is 7.27. The summed E-state index contributed by atoms with van der Waals surface area (Å²) in [6.07, 6.45) is 8.43. The summed E-state index contributed by atoms with van der Waals surface area (Å²) in [6, 6.07) is 13.0. The average Bonchev–Trinajstić information content (AvgIpc) is 3.26. The topological polar surface area (TPSA) is 64.8 Å². The van der Waals surface area contributed by atoms with Crippen LogP contribution in [0.25, 0.3) is 6.08 Å². The Morgan fingerprint density at radius 3 is 2.70 bits per heavy atom. The van der Waals surface area contributed by atoms with Gasteiger partial charge in [-0.05, 0) is 61.4 Å². The fraction of sp³-hybridized carbons (Fsp3) is 0.250. The van der Waals surface area contributed by atoms with Crippen molar-refractivity contribution in [1.29, 1.82) is 0 Å². The summed E-state index contributed by atoms with van der Waals surface area (Å²) in [5.74, 6) is 1.89. The molecule has 0 atom stereocenters. The van der Waals surface area contributed by atoms with Crippen LogP contribution in [0.15, 0.2) is 71.6 Å². The summed E-state index contributed by atoms with van der Waals surface area (Å²) in [5, 5.41) is 0. The van der Waals surface area contributed by atoms with Crippen molar-refractivity contribution in [2.24, 2.45) is 0 Å². The maximum absolute atomic E-state index is 12.9. The van der Waals surface area contributed by atoms with E-state index < -0.39 is 0 Å². The molecule has 0 saturated carbocycles. The van der Waals surface area contributed by atoms with Crippen molar-refractivity contribution in [3.05, 3.63) is 84.1 Å². The fourth-order valence-electron chi connectivity index (χ4n) is 2.93. The van der Waals surface area contributed by atoms with Crippen LogP contribution in [0.5, 0.6) is 11.5 Å². The van der Waals surface area contributed by atoms with Gasteiger partial charge in [-0.2, -0.15) is 0 Å². The van der Waals surface area contributed by atoms with Crippen LogP contribution in [0.4, 0.5) is 0 Å². The number of ether oxygens (including phenoxy) is 2. The minimum absolute atomic E-state index is 0.0458. The Balaban J connectivity index is 1.76. The SMILES string of the molecule is COc1cc(C=CC(=O)N(Cc2cccnc2)Cc2ccco2)ccc1OC(C)C. The number of carbonyl (C=O) groups excluding carboxylic acids is 1. The monoisotopic (exact) mass is 406 g/mol. The van der Waals surface area contributed by atoms with Gasteiger partial charge in [-0.25, -0.2) is 0 Å². The standard InChI is InChI=1S/C24H26N2O4/c1-18(2)30-22-10-8-19(14-23(22)28-3)9-11-24(27)26(17-21-7-5-13-29-21)16-20-6-4-12-25-15-20/h4-15,18H,16-17H2,1-3H3. The van der Waals surface area contributed by atoms with Gasteiger partial charge in [0.05, 0.1) is 26.0 Å². The van der Waals surface area contributed by atoms with Crippen LogP contribution in [0.2, 0.25) is 0 Å². The maximum Gasteiger partial charge on any atom is 0.247 e. The summed E-state index contributed by atoms with van der Waals surface area (Å²) in [4.78, 5) is 18.8. The molecule has 0 bridgehead atoms. The van der Waals surface area contributed by atoms with Crippen molar-refractivity contribution in [2.75, 3.05) is 7.11 Å². The Labute approximate surface area is 176 Å². The highest BCUT2D eigenvalue weighted by atomic mass is 16.5. The Bertz CT molecular complexity index is 966. The average molecular weight is 406 g/mol. The first-order valence-electron chi connectivity index (χ1n) is 9.78. The van der Waals surface area contributed by atoms with Crippen molar-refractivity contribution < 1.29 is 18.7 Å². The lowest BCUT2D eigenvalue weighted by Gasteiger charge is -2.20. The molecule has 3 rings (SSSR count). The molecule has 0 spiro atoms. The first-order valence-corrected chi connectivity index (χ1v) is 9.78. The maximum atomic E-state index is 12.9. The van der Waals surface area contributed by atoms with Gasteiger partial charge in [0.1, 0.15) is 5.76 Å². The molecule has 156 valence electrons. The number of methoxy groups -OCH3 is 1. The molecule has 1 aromatic carbocycles. The molecule has 0 aliphatic rings. The fourth-order valence-corrected chi connectivity index (χ4v) is 2.93. The van der Waals surface area contributed by atoms with Gasteiger partial charge >= 0.3 is 0 Å². The van der Waals surface area contributed by atoms with Gasteiger partial charge in [0.25, 0.3) is 0 Å². The highest BCUT2D eigenvalue weighted by Crippen LogP contribution is 2.29. The number of nitrogens with zero attached hydrogens (tertiary/aromatic N) is 2. The molecule has 1 amide bonds. The van der Waals surface area contributed by atoms with Gasteiger partial charge in [0, 0.05) is 25.0 Å². The number of carbonyl (C=O) groups is 1. The van der Waals surface area contributed by atoms with Crippen molar-refractivity contribution in [1.82, 2.24) is 9.88 Å². The highest BCUT2D eigenvalue weighted by molar-refractivity contribution is 5.91. The molecule has 30 heavy (non-hydrogen) atoms. The summed E-state index contributed by atoms with van der Waals surface area (Å²) in [6.45, 7) is 4.72. The molecule has 2 heterocycles. The van der Waals surface area contributed by atoms with Crippen LogP contribution in [0, 0.1) is 0 Å². The number of rotatable bonds is 9. The first kappa shape index (κ1) is 21.2. The van der Waals surface area contributed by atoms with Gasteiger partial charge in [-0.1, -0.05) is 12.1 Å². The van der Waals surface area contributed by atoms with Crippen molar-refractivity contribution in [3.63, 3.8) is 0 Å². The van der Waals surface area contributed by atoms with Gasteiger partial charge in [0.15, 0.2) is 11.5 Å². The van der Waals surface area contributed by atoms with Crippen LogP contribution in [0.1, 0.15) is 30.7 Å². The molecule has 2 aromatic heterocycles. The largest absolute Gasteiger partial charge is 0.493 e. The van der Waals surface area contributed by atoms with Crippen molar-refractivity contribution in [2.45, 2.75) is 33.0 Å². The van der Waals surface area contributed by atoms with Crippen LogP contribution in [0.3, 0.4) is 0 Å². The van der Waals surface area contributed by atoms with Crippen LogP contribution in [-0.2, 0) is 17.9 Å². The lowest BCUT2D eigenvalue weighted by atomic mass is 10.1. The van der Waals surface area contributed by atoms with Crippen molar-refractivity contribution >= 4 is 12.0 Å². The lowest BCUT2D eigenvalue weighted by molar-refractivity contribution is -0.127. The van der Waals surface area contributed by atoms with E-state index in [0.717, 1.165) is 16.9 Å². The van der Waals surface area contributed by atoms with E-state index in [4.69, 9.17) is 13.9 Å². The number of amides is 1. The summed E-state index contributed by atoms with van der Waals surface area (Å²) < 4.78 is 16.6. The molecular weight excluding hydrogens is 380 g/mol. The van der Waals surface area contributed by atoms with Crippen molar-refractivity contribution in [3.8, 4) is 11.5 Å². The van der Waals surface area contributed by atoms with E-state index >= 15 is 0 Å². The molecule has 0 unspecified atom stereocenters. The van der Waals surface area contributed by atoms with E-state index in [-0.39, 0.29) is 12.0 Å². The quantitative estimate of drug-likeness (QED) is 0.482. The predicted octanol–water partition coefficient (Wildman–Crippen LogP) is 4.71. The Morgan fingerprint density at radius 2 is 2.03 bits per heavy atom. The predicted molar refractivity (Wildman–Crippen MR) is 115 cm³/mol. The molecule has 0 N–H and O–H groups in total. The molecule has 3 aromatic rings. The van der Waals surface area contributed by atoms with E-state index in [2.05, 4.69) is 4.98 Å². The van der Waals surface area contributed by atoms with Gasteiger partial charge < -0.3 is 18.8 Å². The third-order valence-corrected chi connectivity index (χ3v) is 4.30. The normalized spacial score (nSPS) is 11.1. The molecule has 0 fully saturated rings. The summed E-state index contributed by atoms with van der Waals surface area (Å²) >= 11 is 0. The Hall–Kier alpha value is -3.54. The molecular formula is C24H26N2O4. The first-order chi connectivity index (χ1) is 14.5. The van der Waals surface area contributed by atoms with Gasteiger partial charge in [-0.15, -0.1) is 0 Å². The number of hydrogen-bond acceptors (Lipinski definition) is 5. The minimum atomic E-state index is -0.128. The zero-order valence-corrected chi connectivity index (χ0v) is 17.4. The Morgan fingerprint density at radius 1 is 1.17 bits per heavy atom. The van der Waals surface area contributed by atoms with Crippen LogP contribution in [-0.4, -0.2) is 29.0 Å². The van der Waals surface area contributed by atoms with E-state index in [1.165, 1.54) is 0 Å². The lowest BCUT2D eigenvalue weighted by Crippen LogP contribution is -2.28. The number of aromatic nitrogens is 1. The number of benzene rings is 1. The second-order valence-electron chi connectivity index (χ2n) is 7.05. The molecule has 0 aliphatic carbocycles. The molecule has 0 aliphatic heterocycles. The molecule has 6 nitrogen and oxygen atoms in total. The van der Waals surface area contributed by atoms with E-state index in [0.29, 0.717) is 24.6 Å². The van der Waals surface area contributed by atoms with Gasteiger partial charge in [0.2, 0.25) is 5.91 Å². The zero-order chi connectivity index (χ0) is 21.3. The van der Waals surface area contributed by atoms with Crippen LogP contribution >= 0.6 is 0 Å². The summed E-state index contributed by atoms with van der Waals surface area (Å²) in [5.41, 5.74) is 1.79. The van der Waals surface area contributed by atoms with E-state index in [9.17, 15) is 4.79 Å². The molecule has 6 heteroatoms. The third kappa shape index (κ3) is 5.98. The zero-order valence-electron chi connectivity index (χ0n) is 17.4. The van der Waals surface area contributed by atoms with Crippen LogP contribution < -0.4 is 9.47 Å². The minimum Gasteiger partial charge on any atom is -0.493 e. The molecule has 0 radical (unpaired) electrons. The van der Waals surface area contributed by atoms with E-state index in [1.54, 1.807) is 42.8 Å². The van der Waals surface area contributed by atoms with Gasteiger partial charge in [-0.3, -0.25) is 9.78 Å². The summed E-state index contributed by atoms with van der Waals surface area (Å²) in [7, 11) is 1.60. The number of furan rings is 1. The molecule has 0 saturated heterocycles.